The number of allylic oxidation sites excluding steroid dienone is 2. The van der Waals surface area contributed by atoms with Crippen LogP contribution in [0.2, 0.25) is 0 Å². The van der Waals surface area contributed by atoms with Gasteiger partial charge in [-0.3, -0.25) is 10.1 Å². The van der Waals surface area contributed by atoms with Gasteiger partial charge in [-0.25, -0.2) is 4.79 Å². The minimum Gasteiger partial charge on any atom is -0.489 e. The zero-order valence-electron chi connectivity index (χ0n) is 13.6. The van der Waals surface area contributed by atoms with Gasteiger partial charge in [0.1, 0.15) is 19.0 Å². The summed E-state index contributed by atoms with van der Waals surface area (Å²) in [5, 5.41) is 20.7. The maximum absolute atomic E-state index is 11.4. The molecule has 3 rings (SSSR count). The molecule has 0 amide bonds. The lowest BCUT2D eigenvalue weighted by Gasteiger charge is -2.15. The lowest BCUT2D eigenvalue weighted by molar-refractivity contribution is -0.385. The third kappa shape index (κ3) is 3.72. The Morgan fingerprint density at radius 3 is 2.69 bits per heavy atom. The summed E-state index contributed by atoms with van der Waals surface area (Å²) < 4.78 is 10.8. The van der Waals surface area contributed by atoms with E-state index in [4.69, 9.17) is 9.47 Å². The van der Waals surface area contributed by atoms with Crippen LogP contribution in [0.25, 0.3) is 5.57 Å². The first-order valence-electron chi connectivity index (χ1n) is 7.78. The highest BCUT2D eigenvalue weighted by Crippen LogP contribution is 2.34. The van der Waals surface area contributed by atoms with Crippen molar-refractivity contribution in [1.29, 1.82) is 0 Å². The van der Waals surface area contributed by atoms with Crippen LogP contribution in [0.1, 0.15) is 11.1 Å². The van der Waals surface area contributed by atoms with Crippen LogP contribution in [0.4, 0.5) is 5.69 Å². The second-order valence-electron chi connectivity index (χ2n) is 5.47. The third-order valence-corrected chi connectivity index (χ3v) is 3.75. The Balaban J connectivity index is 1.98. The maximum atomic E-state index is 11.4. The summed E-state index contributed by atoms with van der Waals surface area (Å²) >= 11 is 0. The van der Waals surface area contributed by atoms with E-state index in [0.717, 1.165) is 5.56 Å². The molecule has 1 aliphatic heterocycles. The number of nitro benzene ring substituents is 1. The Kier molecular flexibility index (Phi) is 4.98. The molecule has 0 spiro atoms. The largest absolute Gasteiger partial charge is 0.489 e. The molecule has 1 heterocycles. The first-order chi connectivity index (χ1) is 12.6. The van der Waals surface area contributed by atoms with Crippen molar-refractivity contribution in [2.24, 2.45) is 0 Å². The van der Waals surface area contributed by atoms with E-state index < -0.39 is 10.9 Å². The number of benzene rings is 2. The van der Waals surface area contributed by atoms with Crippen molar-refractivity contribution in [3.05, 3.63) is 87.7 Å². The molecule has 2 aromatic carbocycles. The summed E-state index contributed by atoms with van der Waals surface area (Å²) in [4.78, 5) is 22.2. The molecule has 0 aliphatic carbocycles. The van der Waals surface area contributed by atoms with Gasteiger partial charge in [-0.1, -0.05) is 36.4 Å². The highest BCUT2D eigenvalue weighted by atomic mass is 16.6. The number of aliphatic carboxylic acids is 1. The number of carbonyl (C=O) groups is 1. The molecule has 0 saturated carbocycles. The topological polar surface area (TPSA) is 98.9 Å². The zero-order valence-corrected chi connectivity index (χ0v) is 13.6. The second-order valence-corrected chi connectivity index (χ2v) is 5.47. The van der Waals surface area contributed by atoms with Crippen molar-refractivity contribution in [3.63, 3.8) is 0 Å². The van der Waals surface area contributed by atoms with Gasteiger partial charge in [0.25, 0.3) is 5.69 Å². The van der Waals surface area contributed by atoms with Crippen LogP contribution in [-0.4, -0.2) is 22.6 Å². The fraction of sp³-hybridized carbons (Fsp3) is 0.105. The predicted molar refractivity (Wildman–Crippen MR) is 93.5 cm³/mol. The third-order valence-electron chi connectivity index (χ3n) is 3.75. The fourth-order valence-corrected chi connectivity index (χ4v) is 2.56. The monoisotopic (exact) mass is 353 g/mol. The standard InChI is InChI=1S/C19H15NO6/c21-19(22)18-15(7-4-10-25-18)16-11-14(8-9-17(16)20(23)24)26-12-13-5-2-1-3-6-13/h1-9,11H,10,12H2,(H,21,22). The number of ether oxygens (including phenoxy) is 2. The van der Waals surface area contributed by atoms with Gasteiger partial charge >= 0.3 is 5.97 Å². The van der Waals surface area contributed by atoms with Gasteiger partial charge in [-0.2, -0.15) is 0 Å². The Labute approximate surface area is 148 Å². The van der Waals surface area contributed by atoms with E-state index in [1.54, 1.807) is 6.08 Å². The quantitative estimate of drug-likeness (QED) is 0.630. The molecule has 1 aliphatic rings. The molecule has 0 atom stereocenters. The molecule has 0 fully saturated rings. The Morgan fingerprint density at radius 2 is 2.00 bits per heavy atom. The van der Waals surface area contributed by atoms with E-state index >= 15 is 0 Å². The number of nitro groups is 1. The number of carboxylic acids is 1. The van der Waals surface area contributed by atoms with Gasteiger partial charge < -0.3 is 14.6 Å². The zero-order chi connectivity index (χ0) is 18.5. The van der Waals surface area contributed by atoms with Crippen molar-refractivity contribution in [3.8, 4) is 5.75 Å². The first-order valence-corrected chi connectivity index (χ1v) is 7.78. The van der Waals surface area contributed by atoms with E-state index in [1.165, 1.54) is 24.3 Å². The van der Waals surface area contributed by atoms with E-state index in [0.29, 0.717) is 5.75 Å². The fourth-order valence-electron chi connectivity index (χ4n) is 2.56. The van der Waals surface area contributed by atoms with Crippen LogP contribution in [0, 0.1) is 10.1 Å². The highest BCUT2D eigenvalue weighted by molar-refractivity contribution is 5.99. The van der Waals surface area contributed by atoms with Crippen LogP contribution < -0.4 is 4.74 Å². The lowest BCUT2D eigenvalue weighted by atomic mass is 10.0. The van der Waals surface area contributed by atoms with Gasteiger partial charge in [-0.05, 0) is 23.8 Å². The van der Waals surface area contributed by atoms with Gasteiger partial charge in [0.15, 0.2) is 0 Å². The summed E-state index contributed by atoms with van der Waals surface area (Å²) in [6.45, 7) is 0.387. The molecule has 0 unspecified atom stereocenters. The minimum absolute atomic E-state index is 0.100. The van der Waals surface area contributed by atoms with Crippen molar-refractivity contribution < 1.29 is 24.3 Å². The van der Waals surface area contributed by atoms with E-state index in [-0.39, 0.29) is 35.8 Å². The number of carboxylic acid groups (broad SMARTS) is 1. The smallest absolute Gasteiger partial charge is 0.371 e. The lowest BCUT2D eigenvalue weighted by Crippen LogP contribution is -2.11. The molecule has 7 nitrogen and oxygen atoms in total. The number of nitrogens with zero attached hydrogens (tertiary/aromatic N) is 1. The van der Waals surface area contributed by atoms with E-state index in [9.17, 15) is 20.0 Å². The molecule has 0 bridgehead atoms. The highest BCUT2D eigenvalue weighted by Gasteiger charge is 2.25. The molecule has 26 heavy (non-hydrogen) atoms. The second kappa shape index (κ2) is 7.52. The number of hydrogen-bond acceptors (Lipinski definition) is 5. The van der Waals surface area contributed by atoms with Crippen LogP contribution in [0.3, 0.4) is 0 Å². The van der Waals surface area contributed by atoms with Crippen LogP contribution >= 0.6 is 0 Å². The van der Waals surface area contributed by atoms with Gasteiger partial charge in [0, 0.05) is 11.6 Å². The summed E-state index contributed by atoms with van der Waals surface area (Å²) in [6.07, 6.45) is 3.11. The molecule has 0 saturated heterocycles. The van der Waals surface area contributed by atoms with Crippen molar-refractivity contribution >= 4 is 17.2 Å². The van der Waals surface area contributed by atoms with E-state index in [1.807, 2.05) is 30.3 Å². The molecule has 132 valence electrons. The average Bonchev–Trinajstić information content (AvgIpc) is 2.67. The van der Waals surface area contributed by atoms with Crippen molar-refractivity contribution in [1.82, 2.24) is 0 Å². The minimum atomic E-state index is -1.28. The van der Waals surface area contributed by atoms with Crippen LogP contribution in [-0.2, 0) is 16.1 Å². The Hall–Kier alpha value is -3.61. The molecule has 1 N–H and O–H groups in total. The first kappa shape index (κ1) is 17.2. The molecular weight excluding hydrogens is 338 g/mol. The molecule has 0 aromatic heterocycles. The van der Waals surface area contributed by atoms with Crippen molar-refractivity contribution in [2.75, 3.05) is 6.61 Å². The van der Waals surface area contributed by atoms with Crippen LogP contribution in [0.5, 0.6) is 5.75 Å². The van der Waals surface area contributed by atoms with Gasteiger partial charge in [0.05, 0.1) is 10.5 Å². The SMILES string of the molecule is O=C(O)C1=C(c2cc(OCc3ccccc3)ccc2[N+](=O)[O-])C=CCO1. The van der Waals surface area contributed by atoms with Gasteiger partial charge in [0.2, 0.25) is 5.76 Å². The van der Waals surface area contributed by atoms with Crippen molar-refractivity contribution in [2.45, 2.75) is 6.61 Å². The summed E-state index contributed by atoms with van der Waals surface area (Å²) in [7, 11) is 0. The molecule has 2 aromatic rings. The molecular formula is C19H15NO6. The summed E-state index contributed by atoms with van der Waals surface area (Å²) in [6, 6.07) is 13.7. The molecule has 0 radical (unpaired) electrons. The summed E-state index contributed by atoms with van der Waals surface area (Å²) in [5.74, 6) is -1.21. The molecule has 7 heteroatoms. The van der Waals surface area contributed by atoms with Crippen LogP contribution in [0.15, 0.2) is 66.4 Å². The maximum Gasteiger partial charge on any atom is 0.371 e. The van der Waals surface area contributed by atoms with Gasteiger partial charge in [-0.15, -0.1) is 0 Å². The normalized spacial score (nSPS) is 13.2. The van der Waals surface area contributed by atoms with E-state index in [2.05, 4.69) is 0 Å². The number of hydrogen-bond donors (Lipinski definition) is 1. The summed E-state index contributed by atoms with van der Waals surface area (Å²) in [5.41, 5.74) is 0.995. The average molecular weight is 353 g/mol. The number of rotatable bonds is 6. The Morgan fingerprint density at radius 1 is 1.23 bits per heavy atom. The Bertz CT molecular complexity index is 902. The predicted octanol–water partition coefficient (Wildman–Crippen LogP) is 3.56.